The Bertz CT molecular complexity index is 525. The predicted molar refractivity (Wildman–Crippen MR) is 83.2 cm³/mol. The summed E-state index contributed by atoms with van der Waals surface area (Å²) in [7, 11) is 0. The molecule has 1 atom stereocenters. The molecule has 0 amide bonds. The average Bonchev–Trinajstić information content (AvgIpc) is 3.29. The zero-order valence-electron chi connectivity index (χ0n) is 12.7. The first-order valence-corrected chi connectivity index (χ1v) is 7.77. The second-order valence-corrected chi connectivity index (χ2v) is 6.19. The van der Waals surface area contributed by atoms with Gasteiger partial charge in [-0.2, -0.15) is 13.2 Å². The van der Waals surface area contributed by atoms with Crippen LogP contribution in [0.25, 0.3) is 0 Å². The van der Waals surface area contributed by atoms with Crippen molar-refractivity contribution in [2.24, 2.45) is 5.92 Å². The third kappa shape index (κ3) is 4.37. The molecule has 1 N–H and O–H groups in total. The van der Waals surface area contributed by atoms with Crippen LogP contribution >= 0.6 is 12.4 Å². The molecular weight excluding hydrogens is 332 g/mol. The Morgan fingerprint density at radius 1 is 1.17 bits per heavy atom. The minimum Gasteiger partial charge on any atom is -0.314 e. The van der Waals surface area contributed by atoms with Crippen LogP contribution in [0.4, 0.5) is 17.6 Å². The fourth-order valence-corrected chi connectivity index (χ4v) is 3.16. The van der Waals surface area contributed by atoms with Crippen LogP contribution in [0.15, 0.2) is 18.2 Å². The van der Waals surface area contributed by atoms with E-state index in [0.717, 1.165) is 51.5 Å². The van der Waals surface area contributed by atoms with Crippen molar-refractivity contribution in [2.75, 3.05) is 26.2 Å². The highest BCUT2D eigenvalue weighted by Crippen LogP contribution is 2.42. The number of hydrogen-bond donors (Lipinski definition) is 1. The SMILES string of the molecule is Cl.Fc1c([C@H](CC2CC2)N2CCNCC2)cccc1C(F)(F)F. The van der Waals surface area contributed by atoms with Crippen molar-refractivity contribution in [1.29, 1.82) is 0 Å². The van der Waals surface area contributed by atoms with Gasteiger partial charge in [-0.3, -0.25) is 4.90 Å². The van der Waals surface area contributed by atoms with E-state index in [-0.39, 0.29) is 24.0 Å². The largest absolute Gasteiger partial charge is 0.419 e. The van der Waals surface area contributed by atoms with E-state index in [9.17, 15) is 17.6 Å². The molecule has 130 valence electrons. The summed E-state index contributed by atoms with van der Waals surface area (Å²) >= 11 is 0. The van der Waals surface area contributed by atoms with Crippen molar-refractivity contribution in [1.82, 2.24) is 10.2 Å². The van der Waals surface area contributed by atoms with Gasteiger partial charge in [0.25, 0.3) is 0 Å². The standard InChI is InChI=1S/C16H20F4N2.ClH/c17-15-12(2-1-3-13(15)16(18,19)20)14(10-11-4-5-11)22-8-6-21-7-9-22;/h1-3,11,14,21H,4-10H2;1H/t14-;/m0./s1. The highest BCUT2D eigenvalue weighted by Gasteiger charge is 2.38. The van der Waals surface area contributed by atoms with Crippen LogP contribution in [0, 0.1) is 11.7 Å². The van der Waals surface area contributed by atoms with Crippen molar-refractivity contribution in [2.45, 2.75) is 31.5 Å². The minimum absolute atomic E-state index is 0. The van der Waals surface area contributed by atoms with Gasteiger partial charge in [0.05, 0.1) is 5.56 Å². The van der Waals surface area contributed by atoms with Gasteiger partial charge in [0.1, 0.15) is 5.82 Å². The summed E-state index contributed by atoms with van der Waals surface area (Å²) < 4.78 is 53.3. The smallest absolute Gasteiger partial charge is 0.314 e. The third-order valence-corrected chi connectivity index (χ3v) is 4.54. The summed E-state index contributed by atoms with van der Waals surface area (Å²) in [6.07, 6.45) is -1.70. The minimum atomic E-state index is -4.65. The Morgan fingerprint density at radius 3 is 2.39 bits per heavy atom. The number of hydrogen-bond acceptors (Lipinski definition) is 2. The number of nitrogens with zero attached hydrogens (tertiary/aromatic N) is 1. The third-order valence-electron chi connectivity index (χ3n) is 4.54. The second-order valence-electron chi connectivity index (χ2n) is 6.19. The summed E-state index contributed by atoms with van der Waals surface area (Å²) in [4.78, 5) is 2.12. The van der Waals surface area contributed by atoms with Crippen LogP contribution in [0.5, 0.6) is 0 Å². The first-order chi connectivity index (χ1) is 10.5. The van der Waals surface area contributed by atoms with Gasteiger partial charge < -0.3 is 5.32 Å². The van der Waals surface area contributed by atoms with Crippen LogP contribution in [0.2, 0.25) is 0 Å². The van der Waals surface area contributed by atoms with Gasteiger partial charge in [0, 0.05) is 37.8 Å². The Balaban J connectivity index is 0.00000192. The van der Waals surface area contributed by atoms with E-state index in [4.69, 9.17) is 0 Å². The van der Waals surface area contributed by atoms with Gasteiger partial charge in [0.2, 0.25) is 0 Å². The van der Waals surface area contributed by atoms with E-state index in [1.165, 1.54) is 12.1 Å². The number of nitrogens with one attached hydrogen (secondary N) is 1. The lowest BCUT2D eigenvalue weighted by molar-refractivity contribution is -0.140. The first kappa shape index (κ1) is 18.5. The van der Waals surface area contributed by atoms with Crippen LogP contribution in [0.1, 0.15) is 36.4 Å². The number of benzene rings is 1. The quantitative estimate of drug-likeness (QED) is 0.824. The maximum atomic E-state index is 14.5. The van der Waals surface area contributed by atoms with Crippen molar-refractivity contribution in [3.8, 4) is 0 Å². The van der Waals surface area contributed by atoms with Gasteiger partial charge >= 0.3 is 6.18 Å². The Morgan fingerprint density at radius 2 is 1.83 bits per heavy atom. The van der Waals surface area contributed by atoms with Crippen molar-refractivity contribution >= 4 is 12.4 Å². The van der Waals surface area contributed by atoms with E-state index in [1.54, 1.807) is 0 Å². The zero-order chi connectivity index (χ0) is 15.7. The summed E-state index contributed by atoms with van der Waals surface area (Å²) in [5.41, 5.74) is -0.954. The maximum absolute atomic E-state index is 14.5. The highest BCUT2D eigenvalue weighted by molar-refractivity contribution is 5.85. The molecule has 2 fully saturated rings. The molecule has 1 heterocycles. The molecule has 1 saturated carbocycles. The number of halogens is 5. The van der Waals surface area contributed by atoms with Gasteiger partial charge in [-0.05, 0) is 18.4 Å². The Hall–Kier alpha value is -0.850. The molecule has 2 aliphatic rings. The fourth-order valence-electron chi connectivity index (χ4n) is 3.16. The van der Waals surface area contributed by atoms with E-state index in [0.29, 0.717) is 5.92 Å². The lowest BCUT2D eigenvalue weighted by Gasteiger charge is -2.35. The Labute approximate surface area is 139 Å². The number of rotatable bonds is 4. The van der Waals surface area contributed by atoms with Crippen molar-refractivity contribution in [3.05, 3.63) is 35.1 Å². The molecule has 0 bridgehead atoms. The van der Waals surface area contributed by atoms with E-state index >= 15 is 0 Å². The van der Waals surface area contributed by atoms with Crippen LogP contribution in [-0.4, -0.2) is 31.1 Å². The molecule has 1 aromatic rings. The molecule has 1 aliphatic heterocycles. The molecule has 0 aromatic heterocycles. The molecular formula is C16H21ClF4N2. The first-order valence-electron chi connectivity index (χ1n) is 7.77. The van der Waals surface area contributed by atoms with Gasteiger partial charge in [-0.1, -0.05) is 25.0 Å². The molecule has 2 nitrogen and oxygen atoms in total. The molecule has 0 spiro atoms. The summed E-state index contributed by atoms with van der Waals surface area (Å²) in [6.45, 7) is 3.07. The molecule has 0 unspecified atom stereocenters. The molecule has 7 heteroatoms. The van der Waals surface area contributed by atoms with Gasteiger partial charge in [-0.25, -0.2) is 4.39 Å². The van der Waals surface area contributed by atoms with E-state index in [2.05, 4.69) is 10.2 Å². The van der Waals surface area contributed by atoms with Crippen LogP contribution < -0.4 is 5.32 Å². The maximum Gasteiger partial charge on any atom is 0.419 e. The van der Waals surface area contributed by atoms with Crippen LogP contribution in [-0.2, 0) is 6.18 Å². The molecule has 23 heavy (non-hydrogen) atoms. The average molecular weight is 353 g/mol. The molecule has 0 radical (unpaired) electrons. The lowest BCUT2D eigenvalue weighted by atomic mass is 9.96. The topological polar surface area (TPSA) is 15.3 Å². The second kappa shape index (κ2) is 7.36. The van der Waals surface area contributed by atoms with E-state index < -0.39 is 17.6 Å². The molecule has 1 aromatic carbocycles. The predicted octanol–water partition coefficient (Wildman–Crippen LogP) is 4.01. The number of alkyl halides is 3. The van der Waals surface area contributed by atoms with Gasteiger partial charge in [-0.15, -0.1) is 12.4 Å². The number of piperazine rings is 1. The Kier molecular flexibility index (Phi) is 5.92. The highest BCUT2D eigenvalue weighted by atomic mass is 35.5. The van der Waals surface area contributed by atoms with Crippen molar-refractivity contribution in [3.63, 3.8) is 0 Å². The summed E-state index contributed by atoms with van der Waals surface area (Å²) in [6, 6.07) is 3.41. The monoisotopic (exact) mass is 352 g/mol. The van der Waals surface area contributed by atoms with Crippen LogP contribution in [0.3, 0.4) is 0 Å². The normalized spacial score (nSPS) is 20.9. The summed E-state index contributed by atoms with van der Waals surface area (Å²) in [5, 5.41) is 3.22. The lowest BCUT2D eigenvalue weighted by Crippen LogP contribution is -2.45. The van der Waals surface area contributed by atoms with Crippen molar-refractivity contribution < 1.29 is 17.6 Å². The molecule has 1 saturated heterocycles. The summed E-state index contributed by atoms with van der Waals surface area (Å²) in [5.74, 6) is -0.576. The van der Waals surface area contributed by atoms with Gasteiger partial charge in [0.15, 0.2) is 0 Å². The zero-order valence-corrected chi connectivity index (χ0v) is 13.5. The molecule has 1 aliphatic carbocycles. The van der Waals surface area contributed by atoms with E-state index in [1.807, 2.05) is 0 Å². The molecule has 3 rings (SSSR count). The fraction of sp³-hybridized carbons (Fsp3) is 0.625.